The van der Waals surface area contributed by atoms with Crippen LogP contribution in [0.3, 0.4) is 0 Å². The molecular formula is C21H16N4O2S. The maximum Gasteiger partial charge on any atom is 0.341 e. The Morgan fingerprint density at radius 3 is 2.75 bits per heavy atom. The molecule has 2 atom stereocenters. The van der Waals surface area contributed by atoms with Crippen molar-refractivity contribution in [3.8, 4) is 23.1 Å². The van der Waals surface area contributed by atoms with E-state index in [-0.39, 0.29) is 23.7 Å². The highest BCUT2D eigenvalue weighted by Crippen LogP contribution is 2.38. The van der Waals surface area contributed by atoms with E-state index >= 15 is 0 Å². The van der Waals surface area contributed by atoms with Gasteiger partial charge in [0.25, 0.3) is 0 Å². The summed E-state index contributed by atoms with van der Waals surface area (Å²) in [7, 11) is 0. The molecule has 7 heteroatoms. The number of urea groups is 1. The Morgan fingerprint density at radius 2 is 2.00 bits per heavy atom. The molecule has 1 aliphatic rings. The van der Waals surface area contributed by atoms with E-state index in [1.165, 1.54) is 11.3 Å². The predicted octanol–water partition coefficient (Wildman–Crippen LogP) is 4.40. The fourth-order valence-corrected chi connectivity index (χ4v) is 4.33. The van der Waals surface area contributed by atoms with Gasteiger partial charge in [0.05, 0.1) is 29.3 Å². The molecule has 2 amide bonds. The van der Waals surface area contributed by atoms with Crippen molar-refractivity contribution in [3.05, 3.63) is 70.0 Å². The standard InChI is InChI=1S/C21H16N4O2S/c1-12-18(19(25-21(27)23-12)14-5-7-16(26)8-6-14)20-24-17(11-28-20)15-4-2-3-13(9-15)10-22/h2-9,11,18-19,26H,1H3,(H,25,27). The summed E-state index contributed by atoms with van der Waals surface area (Å²) in [5.41, 5.74) is 3.79. The molecule has 138 valence electrons. The number of rotatable bonds is 3. The number of phenols is 1. The van der Waals surface area contributed by atoms with Gasteiger partial charge in [-0.2, -0.15) is 5.26 Å². The monoisotopic (exact) mass is 388 g/mol. The number of nitriles is 1. The van der Waals surface area contributed by atoms with Gasteiger partial charge in [-0.3, -0.25) is 0 Å². The Hall–Kier alpha value is -3.50. The minimum atomic E-state index is -0.384. The molecule has 0 spiro atoms. The van der Waals surface area contributed by atoms with E-state index in [1.807, 2.05) is 24.4 Å². The maximum absolute atomic E-state index is 12.0. The zero-order valence-corrected chi connectivity index (χ0v) is 15.8. The second-order valence-corrected chi connectivity index (χ2v) is 7.40. The Bertz CT molecular complexity index is 1110. The number of carbonyl (C=O) groups excluding carboxylic acids is 1. The lowest BCUT2D eigenvalue weighted by Gasteiger charge is -2.30. The number of aromatic hydroxyl groups is 1. The zero-order valence-electron chi connectivity index (χ0n) is 15.0. The van der Waals surface area contributed by atoms with Crippen LogP contribution in [0.1, 0.15) is 35.0 Å². The topological polar surface area (TPSA) is 98.4 Å². The summed E-state index contributed by atoms with van der Waals surface area (Å²) in [6.45, 7) is 1.83. The van der Waals surface area contributed by atoms with Crippen molar-refractivity contribution in [1.29, 1.82) is 5.26 Å². The smallest absolute Gasteiger partial charge is 0.341 e. The van der Waals surface area contributed by atoms with Crippen LogP contribution in [0.2, 0.25) is 0 Å². The third-order valence-corrected chi connectivity index (χ3v) is 5.60. The molecule has 0 saturated carbocycles. The number of amides is 2. The lowest BCUT2D eigenvalue weighted by atomic mass is 9.88. The molecule has 0 saturated heterocycles. The lowest BCUT2D eigenvalue weighted by molar-refractivity contribution is 0.243. The summed E-state index contributed by atoms with van der Waals surface area (Å²) >= 11 is 1.50. The quantitative estimate of drug-likeness (QED) is 0.695. The van der Waals surface area contributed by atoms with Crippen LogP contribution in [0, 0.1) is 11.3 Å². The van der Waals surface area contributed by atoms with Gasteiger partial charge in [0.2, 0.25) is 0 Å². The minimum Gasteiger partial charge on any atom is -0.508 e. The Kier molecular flexibility index (Phi) is 4.63. The van der Waals surface area contributed by atoms with E-state index in [1.54, 1.807) is 36.4 Å². The predicted molar refractivity (Wildman–Crippen MR) is 107 cm³/mol. The number of nitrogens with zero attached hydrogens (tertiary/aromatic N) is 3. The molecule has 0 fully saturated rings. The van der Waals surface area contributed by atoms with Gasteiger partial charge in [-0.25, -0.2) is 14.8 Å². The summed E-state index contributed by atoms with van der Waals surface area (Å²) < 4.78 is 0. The van der Waals surface area contributed by atoms with Crippen LogP contribution in [0.4, 0.5) is 4.79 Å². The number of nitrogens with one attached hydrogen (secondary N) is 1. The van der Waals surface area contributed by atoms with Gasteiger partial charge < -0.3 is 10.4 Å². The van der Waals surface area contributed by atoms with E-state index in [0.717, 1.165) is 21.8 Å². The highest BCUT2D eigenvalue weighted by atomic mass is 32.1. The summed E-state index contributed by atoms with van der Waals surface area (Å²) in [4.78, 5) is 20.9. The number of aliphatic imine (C=N–C) groups is 1. The molecular weight excluding hydrogens is 372 g/mol. The highest BCUT2D eigenvalue weighted by molar-refractivity contribution is 7.10. The van der Waals surface area contributed by atoms with E-state index in [2.05, 4.69) is 16.4 Å². The zero-order chi connectivity index (χ0) is 19.7. The van der Waals surface area contributed by atoms with E-state index in [4.69, 9.17) is 10.2 Å². The second-order valence-electron chi connectivity index (χ2n) is 6.51. The van der Waals surface area contributed by atoms with Crippen LogP contribution < -0.4 is 5.32 Å². The summed E-state index contributed by atoms with van der Waals surface area (Å²) in [6.07, 6.45) is 0. The third-order valence-electron chi connectivity index (χ3n) is 4.67. The van der Waals surface area contributed by atoms with Crippen molar-refractivity contribution < 1.29 is 9.90 Å². The number of hydrogen-bond acceptors (Lipinski definition) is 5. The molecule has 1 aromatic heterocycles. The second kappa shape index (κ2) is 7.25. The molecule has 0 bridgehead atoms. The largest absolute Gasteiger partial charge is 0.508 e. The Balaban J connectivity index is 1.74. The van der Waals surface area contributed by atoms with Crippen molar-refractivity contribution in [1.82, 2.24) is 10.3 Å². The van der Waals surface area contributed by atoms with Gasteiger partial charge in [-0.1, -0.05) is 24.3 Å². The molecule has 2 unspecified atom stereocenters. The lowest BCUT2D eigenvalue weighted by Crippen LogP contribution is -2.38. The fourth-order valence-electron chi connectivity index (χ4n) is 3.31. The van der Waals surface area contributed by atoms with Crippen LogP contribution in [0.5, 0.6) is 5.75 Å². The van der Waals surface area contributed by atoms with Crippen LogP contribution in [0.25, 0.3) is 11.3 Å². The number of benzene rings is 2. The van der Waals surface area contributed by atoms with Crippen LogP contribution >= 0.6 is 11.3 Å². The van der Waals surface area contributed by atoms with Gasteiger partial charge in [0.15, 0.2) is 0 Å². The van der Waals surface area contributed by atoms with E-state index in [9.17, 15) is 9.90 Å². The number of phenolic OH excluding ortho intramolecular Hbond substituents is 1. The molecule has 2 aromatic carbocycles. The van der Waals surface area contributed by atoms with Crippen molar-refractivity contribution in [2.75, 3.05) is 0 Å². The average Bonchev–Trinajstić information content (AvgIpc) is 3.17. The normalized spacial score (nSPS) is 18.9. The third kappa shape index (κ3) is 3.38. The summed E-state index contributed by atoms with van der Waals surface area (Å²) in [5.74, 6) is -0.0399. The number of carbonyl (C=O) groups is 1. The van der Waals surface area contributed by atoms with Crippen molar-refractivity contribution in [3.63, 3.8) is 0 Å². The van der Waals surface area contributed by atoms with Crippen molar-refractivity contribution in [2.24, 2.45) is 4.99 Å². The van der Waals surface area contributed by atoms with Gasteiger partial charge >= 0.3 is 6.03 Å². The Morgan fingerprint density at radius 1 is 1.21 bits per heavy atom. The first-order valence-electron chi connectivity index (χ1n) is 8.66. The number of hydrogen-bond donors (Lipinski definition) is 2. The molecule has 6 nitrogen and oxygen atoms in total. The first-order chi connectivity index (χ1) is 13.5. The number of aromatic nitrogens is 1. The van der Waals surface area contributed by atoms with Gasteiger partial charge in [-0.05, 0) is 36.8 Å². The molecule has 0 aliphatic carbocycles. The highest BCUT2D eigenvalue weighted by Gasteiger charge is 2.34. The first kappa shape index (κ1) is 17.9. The molecule has 1 aliphatic heterocycles. The molecule has 0 radical (unpaired) electrons. The minimum absolute atomic E-state index is 0.168. The van der Waals surface area contributed by atoms with Crippen LogP contribution in [-0.4, -0.2) is 21.8 Å². The van der Waals surface area contributed by atoms with Gasteiger partial charge in [-0.15, -0.1) is 11.3 Å². The summed E-state index contributed by atoms with van der Waals surface area (Å²) in [6, 6.07) is 15.5. The average molecular weight is 388 g/mol. The molecule has 28 heavy (non-hydrogen) atoms. The Labute approximate surface area is 165 Å². The molecule has 2 N–H and O–H groups in total. The number of thiazole rings is 1. The molecule has 3 aromatic rings. The fraction of sp³-hybridized carbons (Fsp3) is 0.143. The van der Waals surface area contributed by atoms with Gasteiger partial charge in [0.1, 0.15) is 10.8 Å². The molecule has 2 heterocycles. The maximum atomic E-state index is 12.0. The molecule has 4 rings (SSSR count). The van der Waals surface area contributed by atoms with Crippen LogP contribution in [-0.2, 0) is 0 Å². The van der Waals surface area contributed by atoms with Crippen molar-refractivity contribution in [2.45, 2.75) is 18.9 Å². The van der Waals surface area contributed by atoms with E-state index < -0.39 is 0 Å². The SMILES string of the molecule is CC1=NC(=O)NC(c2ccc(O)cc2)C1c1nc(-c2cccc(C#N)c2)cs1. The van der Waals surface area contributed by atoms with Crippen LogP contribution in [0.15, 0.2) is 58.9 Å². The van der Waals surface area contributed by atoms with Gasteiger partial charge in [0, 0.05) is 16.7 Å². The van der Waals surface area contributed by atoms with Crippen molar-refractivity contribution >= 4 is 23.1 Å². The first-order valence-corrected chi connectivity index (χ1v) is 9.53. The van der Waals surface area contributed by atoms with E-state index in [0.29, 0.717) is 11.3 Å². The summed E-state index contributed by atoms with van der Waals surface area (Å²) in [5, 5.41) is 24.4.